The van der Waals surface area contributed by atoms with E-state index in [9.17, 15) is 57.8 Å². The molecule has 6 atom stereocenters. The zero-order valence-electron chi connectivity index (χ0n) is 59.3. The highest BCUT2D eigenvalue weighted by Crippen LogP contribution is 2.29. The van der Waals surface area contributed by atoms with Crippen molar-refractivity contribution in [3.8, 4) is 16.9 Å². The van der Waals surface area contributed by atoms with Crippen molar-refractivity contribution in [1.82, 2.24) is 58.5 Å². The highest BCUT2D eigenvalue weighted by atomic mass is 16.6. The van der Waals surface area contributed by atoms with Gasteiger partial charge in [-0.1, -0.05) is 30.3 Å². The number of aromatic hydroxyl groups is 1. The number of nitrogens with one attached hydrogen (secondary N) is 11. The molecule has 29 nitrogen and oxygen atoms in total. The van der Waals surface area contributed by atoms with E-state index in [1.165, 1.54) is 6.07 Å². The van der Waals surface area contributed by atoms with E-state index in [-0.39, 0.29) is 95.4 Å². The van der Waals surface area contributed by atoms with Gasteiger partial charge in [-0.05, 0) is 204 Å². The van der Waals surface area contributed by atoms with E-state index in [4.69, 9.17) is 28.4 Å². The van der Waals surface area contributed by atoms with Crippen LogP contribution in [0.1, 0.15) is 181 Å². The van der Waals surface area contributed by atoms with Crippen LogP contribution in [0.15, 0.2) is 42.5 Å². The number of benzene rings is 2. The summed E-state index contributed by atoms with van der Waals surface area (Å²) in [6, 6.07) is 4.37. The van der Waals surface area contributed by atoms with Crippen LogP contribution in [-0.4, -0.2) is 174 Å². The molecular weight excluding hydrogens is 1250 g/mol. The first-order chi connectivity index (χ1) is 44.2. The standard InChI is InChI=1S/C67H107N11O18/c1-62(2,3)91-56(85)70-32-20-25-44(73-58(87)93-64(7,8)9)39-72-52(81)45(76-59(88)94-65(10,11)12)26-21-31-68-51(80)47(77-60(89)95-66(13,14)15)30-34-69-53(82)48-36-40-23-19-24-41(35-40)42-28-29-50(79)43(37-42)38-49(78-61(90)96-67(16,17)18)55(84)74-46(54(83)75-48)27-22-33-71-57(86)92-63(4,5)6/h19,23-24,28-29,35,37,44-49,79H,20-22,25-27,30-34,36,38-39H2,1-18H3,(H,68,80)(H,69,82)(H,70,85)(H,71,86)(H,72,81)(H,73,87)(H,74,84)(H,75,83)(H,76,88)(H,77,89)(H,78,90)/t44-,45-,46-,47-,48-,49-/m0/s1. The number of alkyl carbamates (subject to hydrolysis) is 6. The molecule has 2 aromatic carbocycles. The molecular formula is C67H107N11O18. The number of fused-ring (bicyclic) bond motifs is 5. The molecule has 3 rings (SSSR count). The summed E-state index contributed by atoms with van der Waals surface area (Å²) in [5.74, 6) is -3.95. The topological polar surface area (TPSA) is 396 Å². The minimum Gasteiger partial charge on any atom is -0.508 e. The molecule has 1 aliphatic rings. The lowest BCUT2D eigenvalue weighted by atomic mass is 9.96. The molecule has 11 amide bonds. The van der Waals surface area contributed by atoms with Gasteiger partial charge in [-0.25, -0.2) is 28.8 Å². The van der Waals surface area contributed by atoms with Gasteiger partial charge in [0.05, 0.1) is 0 Å². The third kappa shape index (κ3) is 34.6. The lowest BCUT2D eigenvalue weighted by Crippen LogP contribution is -2.58. The largest absolute Gasteiger partial charge is 0.508 e. The maximum atomic E-state index is 14.7. The predicted molar refractivity (Wildman–Crippen MR) is 357 cm³/mol. The zero-order valence-corrected chi connectivity index (χ0v) is 59.3. The molecule has 4 bridgehead atoms. The van der Waals surface area contributed by atoms with E-state index in [0.29, 0.717) is 23.1 Å². The van der Waals surface area contributed by atoms with Gasteiger partial charge in [0.25, 0.3) is 0 Å². The van der Waals surface area contributed by atoms with Crippen LogP contribution < -0.4 is 58.5 Å². The van der Waals surface area contributed by atoms with E-state index in [2.05, 4.69) is 58.5 Å². The van der Waals surface area contributed by atoms with Gasteiger partial charge in [-0.15, -0.1) is 0 Å². The third-order valence-corrected chi connectivity index (χ3v) is 13.2. The average molecular weight is 1350 g/mol. The fraction of sp³-hybridized carbons (Fsp3) is 0.657. The van der Waals surface area contributed by atoms with Crippen LogP contribution >= 0.6 is 0 Å². The van der Waals surface area contributed by atoms with Crippen molar-refractivity contribution in [2.75, 3.05) is 32.7 Å². The summed E-state index contributed by atoms with van der Waals surface area (Å²) in [5, 5.41) is 40.7. The van der Waals surface area contributed by atoms with Crippen molar-refractivity contribution in [3.05, 3.63) is 53.6 Å². The highest BCUT2D eigenvalue weighted by Gasteiger charge is 2.34. The van der Waals surface area contributed by atoms with Crippen molar-refractivity contribution < 1.29 is 86.3 Å². The van der Waals surface area contributed by atoms with E-state index in [1.54, 1.807) is 161 Å². The normalized spacial score (nSPS) is 16.4. The molecule has 0 fully saturated rings. The van der Waals surface area contributed by atoms with Gasteiger partial charge in [0.1, 0.15) is 69.6 Å². The summed E-state index contributed by atoms with van der Waals surface area (Å²) in [4.78, 5) is 149. The molecule has 0 radical (unpaired) electrons. The Morgan fingerprint density at radius 3 is 1.50 bits per heavy atom. The fourth-order valence-corrected chi connectivity index (χ4v) is 9.20. The minimum atomic E-state index is -1.42. The van der Waals surface area contributed by atoms with Crippen LogP contribution in [0.5, 0.6) is 5.75 Å². The molecule has 1 heterocycles. The first-order valence-electron chi connectivity index (χ1n) is 32.5. The summed E-state index contributed by atoms with van der Waals surface area (Å²) < 4.78 is 32.6. The van der Waals surface area contributed by atoms with E-state index >= 15 is 0 Å². The molecule has 0 saturated heterocycles. The van der Waals surface area contributed by atoms with Gasteiger partial charge in [-0.3, -0.25) is 24.0 Å². The highest BCUT2D eigenvalue weighted by molar-refractivity contribution is 5.94. The Morgan fingerprint density at radius 2 is 0.948 bits per heavy atom. The Labute approximate surface area is 564 Å². The van der Waals surface area contributed by atoms with Gasteiger partial charge in [-0.2, -0.15) is 0 Å². The Balaban J connectivity index is 1.93. The minimum absolute atomic E-state index is 0.000184. The van der Waals surface area contributed by atoms with Gasteiger partial charge >= 0.3 is 36.6 Å². The SMILES string of the molecule is CC(C)(C)OC(=O)NCCC[C@@H](CNC(=O)[C@H](CCCNC(=O)[C@H](CCNC(=O)[C@@H]1Cc2cccc(c2)-c2ccc(O)c(c2)C[C@H](NC(=O)OC(C)(C)C)C(=O)N[C@@H](CCCNC(=O)OC(C)(C)C)C(=O)N1)NC(=O)OC(C)(C)C)NC(=O)OC(C)(C)C)NC(=O)OC(C)(C)C. The first kappa shape index (κ1) is 81.4. The van der Waals surface area contributed by atoms with Gasteiger partial charge in [0.2, 0.25) is 29.5 Å². The van der Waals surface area contributed by atoms with Crippen LogP contribution in [0.2, 0.25) is 0 Å². The third-order valence-electron chi connectivity index (χ3n) is 13.2. The molecule has 96 heavy (non-hydrogen) atoms. The molecule has 0 aliphatic carbocycles. The molecule has 2 aromatic rings. The lowest BCUT2D eigenvalue weighted by molar-refractivity contribution is -0.132. The number of rotatable bonds is 24. The first-order valence-corrected chi connectivity index (χ1v) is 32.5. The van der Waals surface area contributed by atoms with Crippen molar-refractivity contribution in [2.45, 2.75) is 252 Å². The molecule has 0 unspecified atom stereocenters. The summed E-state index contributed by atoms with van der Waals surface area (Å²) in [6.07, 6.45) is -4.87. The molecule has 0 aromatic heterocycles. The van der Waals surface area contributed by atoms with Crippen molar-refractivity contribution >= 4 is 66.1 Å². The van der Waals surface area contributed by atoms with Crippen LogP contribution in [0, 0.1) is 0 Å². The molecule has 1 aliphatic heterocycles. The predicted octanol–water partition coefficient (Wildman–Crippen LogP) is 6.83. The molecule has 538 valence electrons. The Morgan fingerprint density at radius 1 is 0.479 bits per heavy atom. The average Bonchev–Trinajstić information content (AvgIpc) is 1.16. The van der Waals surface area contributed by atoms with Gasteiger partial charge in [0, 0.05) is 51.6 Å². The second kappa shape index (κ2) is 36.4. The summed E-state index contributed by atoms with van der Waals surface area (Å²) in [6.45, 7) is 29.7. The Bertz CT molecular complexity index is 2990. The monoisotopic (exact) mass is 1350 g/mol. The van der Waals surface area contributed by atoms with Gasteiger partial charge in [0.15, 0.2) is 0 Å². The number of phenolic OH excluding ortho intramolecular Hbond substituents is 1. The number of amides is 11. The quantitative estimate of drug-likeness (QED) is 0.0378. The van der Waals surface area contributed by atoms with Crippen molar-refractivity contribution in [1.29, 1.82) is 0 Å². The Kier molecular flexibility index (Phi) is 30.8. The second-order valence-electron chi connectivity index (χ2n) is 29.4. The van der Waals surface area contributed by atoms with E-state index in [1.807, 2.05) is 0 Å². The van der Waals surface area contributed by atoms with E-state index in [0.717, 1.165) is 0 Å². The number of carbonyl (C=O) groups is 11. The van der Waals surface area contributed by atoms with Crippen LogP contribution in [0.25, 0.3) is 11.1 Å². The van der Waals surface area contributed by atoms with Crippen LogP contribution in [0.4, 0.5) is 28.8 Å². The smallest absolute Gasteiger partial charge is 0.408 e. The zero-order chi connectivity index (χ0) is 72.6. The molecule has 12 N–H and O–H groups in total. The second-order valence-corrected chi connectivity index (χ2v) is 29.4. The van der Waals surface area contributed by atoms with Gasteiger partial charge < -0.3 is 92.0 Å². The molecule has 0 spiro atoms. The number of phenols is 1. The number of ether oxygens (including phenoxy) is 6. The number of carbonyl (C=O) groups excluding carboxylic acids is 11. The molecule has 0 saturated carbocycles. The fourth-order valence-electron chi connectivity index (χ4n) is 9.20. The number of hydrogen-bond acceptors (Lipinski definition) is 18. The van der Waals surface area contributed by atoms with Crippen LogP contribution in [-0.2, 0) is 65.2 Å². The number of hydrogen-bond donors (Lipinski definition) is 12. The van der Waals surface area contributed by atoms with Crippen LogP contribution in [0.3, 0.4) is 0 Å². The summed E-state index contributed by atoms with van der Waals surface area (Å²) in [7, 11) is 0. The maximum absolute atomic E-state index is 14.7. The van der Waals surface area contributed by atoms with E-state index < -0.39 is 136 Å². The summed E-state index contributed by atoms with van der Waals surface area (Å²) in [5.41, 5.74) is -3.19. The Hall–Kier alpha value is -8.79. The summed E-state index contributed by atoms with van der Waals surface area (Å²) >= 11 is 0. The van der Waals surface area contributed by atoms with Crippen molar-refractivity contribution in [3.63, 3.8) is 0 Å². The lowest BCUT2D eigenvalue weighted by Gasteiger charge is -2.27. The molecule has 29 heteroatoms. The maximum Gasteiger partial charge on any atom is 0.408 e. The van der Waals surface area contributed by atoms with Crippen molar-refractivity contribution in [2.24, 2.45) is 0 Å².